The Morgan fingerprint density at radius 3 is 2.30 bits per heavy atom. The second-order valence-electron chi connectivity index (χ2n) is 18.8. The van der Waals surface area contributed by atoms with Crippen LogP contribution < -0.4 is 25.6 Å². The number of rotatable bonds is 9. The highest BCUT2D eigenvalue weighted by molar-refractivity contribution is 6.23. The monoisotopic (exact) mass is 854 g/mol. The summed E-state index contributed by atoms with van der Waals surface area (Å²) < 4.78 is 23.9. The number of piperidine rings is 2. The van der Waals surface area contributed by atoms with Crippen LogP contribution in [0.5, 0.6) is 5.75 Å². The van der Waals surface area contributed by atoms with E-state index in [4.69, 9.17) is 10.5 Å². The molecule has 1 aromatic heterocycles. The van der Waals surface area contributed by atoms with Gasteiger partial charge in [0.05, 0.1) is 27.9 Å². The maximum absolute atomic E-state index is 17.2. The number of carbonyl (C=O) groups excluding carboxylic acids is 5. The highest BCUT2D eigenvalue weighted by atomic mass is 19.1. The van der Waals surface area contributed by atoms with Crippen molar-refractivity contribution in [1.82, 2.24) is 20.1 Å². The standard InChI is InChI=1S/C48H51FN8O6/c1-47(2)41(48(3,4)46(47)63-36-13-7-28(25-50)40-31(36)6-5-17-52-40)38-32(42(51)59)10-11-34(39(38)49)56-18-15-27(16-19-56)26-54-20-22-55(23-21-54)29-8-9-30-33(24-29)45(62)57(44(30)61)35-12-14-37(58)53-43(35)60/h5-11,13,17,24,27,35,41,46H,12,14-16,18-23,26H2,1-4H3,(H2,51,59)(H,53,58,60). The van der Waals surface area contributed by atoms with Crippen LogP contribution in [0.15, 0.2) is 60.8 Å². The number of hydrogen-bond donors (Lipinski definition) is 2. The normalized spacial score (nSPS) is 23.6. The molecule has 1 atom stereocenters. The van der Waals surface area contributed by atoms with Gasteiger partial charge in [0.1, 0.15) is 24.0 Å². The Morgan fingerprint density at radius 1 is 0.905 bits per heavy atom. The molecule has 3 saturated heterocycles. The molecule has 15 heteroatoms. The van der Waals surface area contributed by atoms with Crippen LogP contribution in [0, 0.1) is 33.9 Å². The third-order valence-corrected chi connectivity index (χ3v) is 14.3. The third kappa shape index (κ3) is 7.04. The number of aromatic nitrogens is 1. The molecule has 5 heterocycles. The number of halogens is 1. The maximum Gasteiger partial charge on any atom is 0.262 e. The minimum Gasteiger partial charge on any atom is -0.489 e. The number of ether oxygens (including phenoxy) is 1. The average Bonchev–Trinajstić information content (AvgIpc) is 3.51. The number of nitriles is 1. The summed E-state index contributed by atoms with van der Waals surface area (Å²) in [4.78, 5) is 75.8. The lowest BCUT2D eigenvalue weighted by Crippen LogP contribution is -2.64. The van der Waals surface area contributed by atoms with Gasteiger partial charge in [-0.15, -0.1) is 0 Å². The Morgan fingerprint density at radius 2 is 1.62 bits per heavy atom. The fourth-order valence-electron chi connectivity index (χ4n) is 11.5. The lowest BCUT2D eigenvalue weighted by molar-refractivity contribution is -0.160. The number of benzene rings is 3. The molecule has 9 rings (SSSR count). The van der Waals surface area contributed by atoms with Gasteiger partial charge in [0.15, 0.2) is 5.82 Å². The summed E-state index contributed by atoms with van der Waals surface area (Å²) in [6.45, 7) is 13.5. The fraction of sp³-hybridized carbons (Fsp3) is 0.438. The molecular formula is C48H51FN8O6. The van der Waals surface area contributed by atoms with Gasteiger partial charge >= 0.3 is 0 Å². The topological polar surface area (TPSA) is 182 Å². The molecule has 3 N–H and O–H groups in total. The van der Waals surface area contributed by atoms with Crippen LogP contribution in [0.2, 0.25) is 0 Å². The van der Waals surface area contributed by atoms with Crippen LogP contribution >= 0.6 is 0 Å². The predicted octanol–water partition coefficient (Wildman–Crippen LogP) is 5.38. The first-order valence-corrected chi connectivity index (χ1v) is 21.7. The van der Waals surface area contributed by atoms with Crippen molar-refractivity contribution in [2.24, 2.45) is 22.5 Å². The van der Waals surface area contributed by atoms with Gasteiger partial charge in [-0.2, -0.15) is 5.26 Å². The molecule has 14 nitrogen and oxygen atoms in total. The number of nitrogens with one attached hydrogen (secondary N) is 1. The molecule has 1 saturated carbocycles. The predicted molar refractivity (Wildman–Crippen MR) is 233 cm³/mol. The number of nitrogens with two attached hydrogens (primary N) is 1. The van der Waals surface area contributed by atoms with Crippen molar-refractivity contribution in [1.29, 1.82) is 5.26 Å². The zero-order valence-electron chi connectivity index (χ0n) is 35.9. The molecule has 326 valence electrons. The van der Waals surface area contributed by atoms with E-state index >= 15 is 4.39 Å². The number of anilines is 2. The van der Waals surface area contributed by atoms with E-state index in [1.807, 2.05) is 39.8 Å². The second kappa shape index (κ2) is 15.7. The van der Waals surface area contributed by atoms with Crippen LogP contribution in [0.1, 0.15) is 101 Å². The van der Waals surface area contributed by atoms with E-state index in [-0.39, 0.29) is 35.6 Å². The quantitative estimate of drug-likeness (QED) is 0.206. The van der Waals surface area contributed by atoms with Crippen LogP contribution in [0.25, 0.3) is 10.9 Å². The minimum atomic E-state index is -1.00. The molecule has 4 aliphatic heterocycles. The molecule has 4 fully saturated rings. The van der Waals surface area contributed by atoms with Crippen molar-refractivity contribution >= 4 is 51.8 Å². The molecule has 3 aromatic carbocycles. The van der Waals surface area contributed by atoms with Crippen molar-refractivity contribution in [2.75, 3.05) is 55.6 Å². The van der Waals surface area contributed by atoms with Gasteiger partial charge in [0, 0.05) is 97.4 Å². The fourth-order valence-corrected chi connectivity index (χ4v) is 11.5. The van der Waals surface area contributed by atoms with E-state index in [9.17, 15) is 29.2 Å². The van der Waals surface area contributed by atoms with Gasteiger partial charge in [-0.05, 0) is 79.8 Å². The Hall–Kier alpha value is -6.40. The number of imide groups is 2. The summed E-state index contributed by atoms with van der Waals surface area (Å²) in [5, 5.41) is 12.6. The van der Waals surface area contributed by atoms with E-state index in [1.54, 1.807) is 48.7 Å². The van der Waals surface area contributed by atoms with E-state index in [2.05, 4.69) is 31.1 Å². The summed E-state index contributed by atoms with van der Waals surface area (Å²) in [5.41, 5.74) is 8.07. The maximum atomic E-state index is 17.2. The van der Waals surface area contributed by atoms with Crippen molar-refractivity contribution in [3.63, 3.8) is 0 Å². The van der Waals surface area contributed by atoms with E-state index < -0.39 is 58.1 Å². The van der Waals surface area contributed by atoms with Crippen LogP contribution in [-0.2, 0) is 9.59 Å². The molecule has 5 amide bonds. The van der Waals surface area contributed by atoms with E-state index in [0.29, 0.717) is 47.1 Å². The van der Waals surface area contributed by atoms with Crippen molar-refractivity contribution in [3.8, 4) is 11.8 Å². The lowest BCUT2D eigenvalue weighted by atomic mass is 9.43. The van der Waals surface area contributed by atoms with Crippen molar-refractivity contribution in [2.45, 2.75) is 71.4 Å². The Bertz CT molecular complexity index is 2610. The van der Waals surface area contributed by atoms with Crippen LogP contribution in [0.4, 0.5) is 15.8 Å². The summed E-state index contributed by atoms with van der Waals surface area (Å²) in [6, 6.07) is 17.0. The van der Waals surface area contributed by atoms with Crippen molar-refractivity contribution in [3.05, 3.63) is 94.4 Å². The van der Waals surface area contributed by atoms with Gasteiger partial charge in [-0.1, -0.05) is 27.7 Å². The molecular weight excluding hydrogens is 804 g/mol. The molecule has 1 aliphatic carbocycles. The highest BCUT2D eigenvalue weighted by Crippen LogP contribution is 2.66. The number of carbonyl (C=O) groups is 5. The van der Waals surface area contributed by atoms with Crippen molar-refractivity contribution < 1.29 is 33.1 Å². The number of nitrogens with zero attached hydrogens (tertiary/aromatic N) is 6. The summed E-state index contributed by atoms with van der Waals surface area (Å²) >= 11 is 0. The number of fused-ring (bicyclic) bond motifs is 2. The summed E-state index contributed by atoms with van der Waals surface area (Å²) in [7, 11) is 0. The molecule has 4 aromatic rings. The zero-order valence-corrected chi connectivity index (χ0v) is 35.9. The molecule has 1 unspecified atom stereocenters. The number of primary amides is 1. The summed E-state index contributed by atoms with van der Waals surface area (Å²) in [6.07, 6.45) is 3.21. The first kappa shape index (κ1) is 41.9. The second-order valence-corrected chi connectivity index (χ2v) is 18.8. The van der Waals surface area contributed by atoms with Gasteiger partial charge < -0.3 is 20.3 Å². The zero-order chi connectivity index (χ0) is 44.5. The molecule has 0 spiro atoms. The SMILES string of the molecule is CC1(C)C(Oc2ccc(C#N)c3ncccc23)C(C)(C)C1c1c(C(N)=O)ccc(N2CCC(CN3CCN(c4ccc5c(c4)C(=O)N(C4CCC(=O)NC4=O)C5=O)CC3)CC2)c1F. The van der Waals surface area contributed by atoms with Crippen LogP contribution in [0.3, 0.4) is 0 Å². The number of pyridine rings is 1. The van der Waals surface area contributed by atoms with Gasteiger partial charge in [0.2, 0.25) is 17.7 Å². The third-order valence-electron chi connectivity index (χ3n) is 14.3. The number of piperazine rings is 1. The lowest BCUT2D eigenvalue weighted by Gasteiger charge is -2.63. The number of amides is 5. The Balaban J connectivity index is 0.834. The smallest absolute Gasteiger partial charge is 0.262 e. The minimum absolute atomic E-state index is 0.0694. The van der Waals surface area contributed by atoms with Gasteiger partial charge in [0.25, 0.3) is 11.8 Å². The molecule has 63 heavy (non-hydrogen) atoms. The summed E-state index contributed by atoms with van der Waals surface area (Å²) in [5.74, 6) is -2.56. The number of hydrogen-bond acceptors (Lipinski definition) is 11. The van der Waals surface area contributed by atoms with Gasteiger partial charge in [-0.25, -0.2) is 4.39 Å². The molecule has 5 aliphatic rings. The first-order chi connectivity index (χ1) is 30.1. The first-order valence-electron chi connectivity index (χ1n) is 21.7. The Labute approximate surface area is 365 Å². The van der Waals surface area contributed by atoms with Crippen LogP contribution in [-0.4, -0.2) is 102 Å². The average molecular weight is 855 g/mol. The van der Waals surface area contributed by atoms with E-state index in [1.165, 1.54) is 0 Å². The molecule has 0 radical (unpaired) electrons. The van der Waals surface area contributed by atoms with E-state index in [0.717, 1.165) is 61.5 Å². The Kier molecular flexibility index (Phi) is 10.5. The van der Waals surface area contributed by atoms with Gasteiger partial charge in [-0.3, -0.25) is 44.1 Å². The highest BCUT2D eigenvalue weighted by Gasteiger charge is 2.65. The molecule has 0 bridgehead atoms. The largest absolute Gasteiger partial charge is 0.489 e.